The molecule has 4 heteroatoms. The third kappa shape index (κ3) is 3.24. The van der Waals surface area contributed by atoms with Gasteiger partial charge in [0.1, 0.15) is 11.5 Å². The minimum Gasteiger partial charge on any atom is -0.497 e. The van der Waals surface area contributed by atoms with E-state index in [2.05, 4.69) is 11.9 Å². The summed E-state index contributed by atoms with van der Waals surface area (Å²) in [6.07, 6.45) is 1.24. The van der Waals surface area contributed by atoms with E-state index in [9.17, 15) is 4.79 Å². The van der Waals surface area contributed by atoms with Crippen molar-refractivity contribution in [3.8, 4) is 11.5 Å². The highest BCUT2D eigenvalue weighted by Crippen LogP contribution is 2.29. The summed E-state index contributed by atoms with van der Waals surface area (Å²) in [5.74, 6) is 1.18. The van der Waals surface area contributed by atoms with Crippen molar-refractivity contribution in [1.29, 1.82) is 0 Å². The van der Waals surface area contributed by atoms with E-state index in [0.717, 1.165) is 5.56 Å². The van der Waals surface area contributed by atoms with Crippen molar-refractivity contribution < 1.29 is 14.3 Å². The van der Waals surface area contributed by atoms with Gasteiger partial charge in [-0.3, -0.25) is 4.79 Å². The topological polar surface area (TPSA) is 47.6 Å². The molecule has 1 rings (SSSR count). The lowest BCUT2D eigenvalue weighted by Gasteiger charge is -2.17. The molecule has 0 aliphatic heterocycles. The molecule has 1 unspecified atom stereocenters. The van der Waals surface area contributed by atoms with Crippen LogP contribution in [0, 0.1) is 0 Å². The molecule has 0 radical (unpaired) electrons. The van der Waals surface area contributed by atoms with Gasteiger partial charge in [0.05, 0.1) is 20.3 Å². The van der Waals surface area contributed by atoms with E-state index in [1.54, 1.807) is 20.3 Å². The highest BCUT2D eigenvalue weighted by atomic mass is 16.5. The molecule has 17 heavy (non-hydrogen) atoms. The molecule has 0 fully saturated rings. The normalized spacial score (nSPS) is 11.5. The molecule has 92 valence electrons. The van der Waals surface area contributed by atoms with Crippen molar-refractivity contribution in [1.82, 2.24) is 5.32 Å². The molecule has 0 saturated carbocycles. The molecule has 0 bridgehead atoms. The zero-order valence-corrected chi connectivity index (χ0v) is 10.3. The van der Waals surface area contributed by atoms with Crippen molar-refractivity contribution in [2.75, 3.05) is 14.2 Å². The van der Waals surface area contributed by atoms with Crippen molar-refractivity contribution in [3.63, 3.8) is 0 Å². The molecule has 0 aliphatic carbocycles. The van der Waals surface area contributed by atoms with Gasteiger partial charge in [-0.2, -0.15) is 0 Å². The van der Waals surface area contributed by atoms with Gasteiger partial charge in [-0.15, -0.1) is 0 Å². The van der Waals surface area contributed by atoms with Gasteiger partial charge in [-0.05, 0) is 25.1 Å². The number of nitrogens with one attached hydrogen (secondary N) is 1. The zero-order valence-electron chi connectivity index (χ0n) is 10.3. The van der Waals surface area contributed by atoms with Crippen molar-refractivity contribution in [2.24, 2.45) is 0 Å². The lowest BCUT2D eigenvalue weighted by molar-refractivity contribution is -0.117. The predicted molar refractivity (Wildman–Crippen MR) is 66.3 cm³/mol. The van der Waals surface area contributed by atoms with E-state index >= 15 is 0 Å². The smallest absolute Gasteiger partial charge is 0.243 e. The summed E-state index contributed by atoms with van der Waals surface area (Å²) in [5.41, 5.74) is 0.892. The van der Waals surface area contributed by atoms with Gasteiger partial charge in [0.15, 0.2) is 0 Å². The van der Waals surface area contributed by atoms with E-state index in [1.165, 1.54) is 6.08 Å². The largest absolute Gasteiger partial charge is 0.497 e. The van der Waals surface area contributed by atoms with Crippen LogP contribution in [0.15, 0.2) is 30.9 Å². The van der Waals surface area contributed by atoms with Crippen LogP contribution < -0.4 is 14.8 Å². The summed E-state index contributed by atoms with van der Waals surface area (Å²) in [6.45, 7) is 5.29. The standard InChI is InChI=1S/C13H17NO3/c1-5-13(15)14-9(2)11-7-6-10(16-3)8-12(11)17-4/h5-9H,1H2,2-4H3,(H,14,15). The fourth-order valence-electron chi connectivity index (χ4n) is 1.53. The highest BCUT2D eigenvalue weighted by Gasteiger charge is 2.13. The summed E-state index contributed by atoms with van der Waals surface area (Å²) >= 11 is 0. The average Bonchev–Trinajstić information content (AvgIpc) is 2.37. The Hall–Kier alpha value is -1.97. The van der Waals surface area contributed by atoms with Crippen molar-refractivity contribution in [2.45, 2.75) is 13.0 Å². The molecule has 1 atom stereocenters. The van der Waals surface area contributed by atoms with E-state index < -0.39 is 0 Å². The van der Waals surface area contributed by atoms with Crippen LogP contribution >= 0.6 is 0 Å². The molecule has 4 nitrogen and oxygen atoms in total. The van der Waals surface area contributed by atoms with Crippen LogP contribution in [0.4, 0.5) is 0 Å². The summed E-state index contributed by atoms with van der Waals surface area (Å²) in [5, 5.41) is 2.78. The van der Waals surface area contributed by atoms with Crippen molar-refractivity contribution in [3.05, 3.63) is 36.4 Å². The molecule has 1 aromatic carbocycles. The third-order valence-electron chi connectivity index (χ3n) is 2.45. The fraction of sp³-hybridized carbons (Fsp3) is 0.308. The molecule has 0 aliphatic rings. The SMILES string of the molecule is C=CC(=O)NC(C)c1ccc(OC)cc1OC. The number of amides is 1. The molecule has 0 heterocycles. The first-order valence-electron chi connectivity index (χ1n) is 5.27. The summed E-state index contributed by atoms with van der Waals surface area (Å²) in [4.78, 5) is 11.2. The second-order valence-electron chi connectivity index (χ2n) is 3.54. The Balaban J connectivity index is 2.96. The Kier molecular flexibility index (Phi) is 4.57. The third-order valence-corrected chi connectivity index (χ3v) is 2.45. The Morgan fingerprint density at radius 1 is 1.41 bits per heavy atom. The Morgan fingerprint density at radius 2 is 2.12 bits per heavy atom. The highest BCUT2D eigenvalue weighted by molar-refractivity contribution is 5.87. The molecular formula is C13H17NO3. The number of methoxy groups -OCH3 is 2. The quantitative estimate of drug-likeness (QED) is 0.795. The minimum absolute atomic E-state index is 0.152. The number of ether oxygens (including phenoxy) is 2. The molecule has 1 amide bonds. The minimum atomic E-state index is -0.213. The molecule has 1 N–H and O–H groups in total. The Morgan fingerprint density at radius 3 is 2.65 bits per heavy atom. The van der Waals surface area contributed by atoms with Gasteiger partial charge in [-0.1, -0.05) is 6.58 Å². The number of carbonyl (C=O) groups excluding carboxylic acids is 1. The number of hydrogen-bond donors (Lipinski definition) is 1. The van der Waals surface area contributed by atoms with Crippen molar-refractivity contribution >= 4 is 5.91 Å². The van der Waals surface area contributed by atoms with E-state index in [1.807, 2.05) is 19.1 Å². The van der Waals surface area contributed by atoms with Gasteiger partial charge >= 0.3 is 0 Å². The zero-order chi connectivity index (χ0) is 12.8. The first kappa shape index (κ1) is 13.1. The Bertz CT molecular complexity index is 415. The van der Waals surface area contributed by atoms with Gasteiger partial charge in [0.25, 0.3) is 0 Å². The average molecular weight is 235 g/mol. The van der Waals surface area contributed by atoms with Gasteiger partial charge in [0.2, 0.25) is 5.91 Å². The predicted octanol–water partition coefficient (Wildman–Crippen LogP) is 2.07. The van der Waals surface area contributed by atoms with Crippen LogP contribution in [0.25, 0.3) is 0 Å². The first-order chi connectivity index (χ1) is 8.12. The van der Waals surface area contributed by atoms with Crippen LogP contribution in [-0.4, -0.2) is 20.1 Å². The number of rotatable bonds is 5. The van der Waals surface area contributed by atoms with Gasteiger partial charge in [-0.25, -0.2) is 0 Å². The van der Waals surface area contributed by atoms with Crippen LogP contribution in [-0.2, 0) is 4.79 Å². The van der Waals surface area contributed by atoms with Gasteiger partial charge in [0, 0.05) is 11.6 Å². The number of benzene rings is 1. The summed E-state index contributed by atoms with van der Waals surface area (Å²) < 4.78 is 10.4. The van der Waals surface area contributed by atoms with E-state index in [0.29, 0.717) is 11.5 Å². The van der Waals surface area contributed by atoms with Gasteiger partial charge < -0.3 is 14.8 Å². The molecule has 0 aromatic heterocycles. The number of carbonyl (C=O) groups is 1. The second kappa shape index (κ2) is 5.94. The maximum atomic E-state index is 11.2. The van der Waals surface area contributed by atoms with E-state index in [-0.39, 0.29) is 11.9 Å². The molecular weight excluding hydrogens is 218 g/mol. The molecule has 1 aromatic rings. The Labute approximate surface area is 101 Å². The second-order valence-corrected chi connectivity index (χ2v) is 3.54. The first-order valence-corrected chi connectivity index (χ1v) is 5.27. The summed E-state index contributed by atoms with van der Waals surface area (Å²) in [6, 6.07) is 5.33. The maximum Gasteiger partial charge on any atom is 0.243 e. The monoisotopic (exact) mass is 235 g/mol. The maximum absolute atomic E-state index is 11.2. The molecule has 0 spiro atoms. The lowest BCUT2D eigenvalue weighted by Crippen LogP contribution is -2.24. The lowest BCUT2D eigenvalue weighted by atomic mass is 10.1. The molecule has 0 saturated heterocycles. The number of hydrogen-bond acceptors (Lipinski definition) is 3. The summed E-state index contributed by atoms with van der Waals surface area (Å²) in [7, 11) is 3.18. The van der Waals surface area contributed by atoms with Crippen LogP contribution in [0.5, 0.6) is 11.5 Å². The van der Waals surface area contributed by atoms with E-state index in [4.69, 9.17) is 9.47 Å². The fourth-order valence-corrected chi connectivity index (χ4v) is 1.53. The van der Waals surface area contributed by atoms with Crippen LogP contribution in [0.2, 0.25) is 0 Å². The van der Waals surface area contributed by atoms with Crippen LogP contribution in [0.1, 0.15) is 18.5 Å². The van der Waals surface area contributed by atoms with Crippen LogP contribution in [0.3, 0.4) is 0 Å².